The summed E-state index contributed by atoms with van der Waals surface area (Å²) in [5, 5.41) is 5.58. The maximum atomic E-state index is 12.6. The van der Waals surface area contributed by atoms with E-state index < -0.39 is 0 Å². The van der Waals surface area contributed by atoms with Gasteiger partial charge in [-0.1, -0.05) is 119 Å². The molecule has 0 saturated carbocycles. The first-order chi connectivity index (χ1) is 18.6. The Hall–Kier alpha value is -2.37. The molecule has 0 saturated heterocycles. The molecule has 2 aromatic carbocycles. The van der Waals surface area contributed by atoms with Crippen molar-refractivity contribution in [2.24, 2.45) is 0 Å². The fourth-order valence-corrected chi connectivity index (χ4v) is 5.36. The number of nitrogens with one attached hydrogen (secondary N) is 1. The lowest BCUT2D eigenvalue weighted by Crippen LogP contribution is -2.30. The molecule has 38 heavy (non-hydrogen) atoms. The van der Waals surface area contributed by atoms with Gasteiger partial charge in [-0.3, -0.25) is 4.79 Å². The number of halogens is 1. The van der Waals surface area contributed by atoms with Gasteiger partial charge in [0.15, 0.2) is 12.7 Å². The zero-order chi connectivity index (χ0) is 26.8. The molecule has 0 atom stereocenters. The number of ether oxygens (including phenoxy) is 1. The van der Waals surface area contributed by atoms with Crippen molar-refractivity contribution in [2.75, 3.05) is 11.9 Å². The molecule has 1 aromatic heterocycles. The van der Waals surface area contributed by atoms with E-state index in [4.69, 9.17) is 16.3 Å². The Morgan fingerprint density at radius 3 is 2.16 bits per heavy atom. The highest BCUT2D eigenvalue weighted by Gasteiger charge is 2.10. The van der Waals surface area contributed by atoms with Crippen LogP contribution >= 0.6 is 22.9 Å². The summed E-state index contributed by atoms with van der Waals surface area (Å²) in [6, 6.07) is 13.6. The van der Waals surface area contributed by atoms with Gasteiger partial charge in [-0.15, -0.1) is 0 Å². The third-order valence-corrected chi connectivity index (χ3v) is 7.80. The lowest BCUT2D eigenvalue weighted by molar-refractivity contribution is -0.683. The molecule has 206 valence electrons. The number of carbonyl (C=O) groups excluding carboxylic acids is 1. The molecule has 1 N–H and O–H groups in total. The Balaban J connectivity index is 1.27. The summed E-state index contributed by atoms with van der Waals surface area (Å²) in [5.41, 5.74) is 4.85. The van der Waals surface area contributed by atoms with Gasteiger partial charge in [0.05, 0.1) is 18.4 Å². The van der Waals surface area contributed by atoms with E-state index >= 15 is 0 Å². The number of hydrogen-bond acceptors (Lipinski definition) is 3. The standard InChI is InChI=1S/C32H43ClN2O2S/c1-2-3-4-5-6-7-8-9-10-11-12-13-21-37-30-19-16-28(31(33)24-30)23-32(36)34-29-17-14-27(15-18-29)25-35-20-22-38-26-35/h14-20,22,24,26H,2-13,21,23,25H2,1H3/p+1. The summed E-state index contributed by atoms with van der Waals surface area (Å²) in [6.45, 7) is 3.79. The number of carbonyl (C=O) groups is 1. The first-order valence-electron chi connectivity index (χ1n) is 14.4. The second-order valence-corrected chi connectivity index (χ2v) is 11.3. The van der Waals surface area contributed by atoms with Crippen LogP contribution in [0.1, 0.15) is 95.1 Å². The van der Waals surface area contributed by atoms with E-state index in [1.165, 1.54) is 76.2 Å². The second-order valence-electron chi connectivity index (χ2n) is 10.1. The monoisotopic (exact) mass is 555 g/mol. The molecule has 0 fully saturated rings. The lowest BCUT2D eigenvalue weighted by atomic mass is 10.1. The minimum atomic E-state index is -0.0861. The molecule has 3 aromatic rings. The van der Waals surface area contributed by atoms with Gasteiger partial charge in [0.25, 0.3) is 0 Å². The quantitative estimate of drug-likeness (QED) is 0.118. The summed E-state index contributed by atoms with van der Waals surface area (Å²) in [6.07, 6.45) is 18.2. The Bertz CT molecular complexity index is 1050. The van der Waals surface area contributed by atoms with Crippen LogP contribution < -0.4 is 14.6 Å². The fraction of sp³-hybridized carbons (Fsp3) is 0.500. The van der Waals surface area contributed by atoms with Crippen molar-refractivity contribution >= 4 is 34.5 Å². The number of unbranched alkanes of at least 4 members (excludes halogenated alkanes) is 11. The number of benzene rings is 2. The fourth-order valence-electron chi connectivity index (χ4n) is 4.53. The van der Waals surface area contributed by atoms with Gasteiger partial charge in [-0.25, -0.2) is 0 Å². The third kappa shape index (κ3) is 12.0. The first kappa shape index (κ1) is 30.2. The Morgan fingerprint density at radius 2 is 1.55 bits per heavy atom. The number of rotatable bonds is 19. The van der Waals surface area contributed by atoms with Crippen molar-refractivity contribution < 1.29 is 14.1 Å². The van der Waals surface area contributed by atoms with E-state index in [9.17, 15) is 4.79 Å². The Kier molecular flexibility index (Phi) is 14.3. The molecule has 0 aliphatic carbocycles. The molecule has 0 aliphatic heterocycles. The predicted molar refractivity (Wildman–Crippen MR) is 160 cm³/mol. The van der Waals surface area contributed by atoms with Gasteiger partial charge < -0.3 is 10.1 Å². The summed E-state index contributed by atoms with van der Waals surface area (Å²) in [7, 11) is 0. The molecule has 4 nitrogen and oxygen atoms in total. The van der Waals surface area contributed by atoms with Crippen molar-refractivity contribution in [1.82, 2.24) is 0 Å². The van der Waals surface area contributed by atoms with Crippen LogP contribution in [0.5, 0.6) is 5.75 Å². The van der Waals surface area contributed by atoms with Crippen molar-refractivity contribution in [2.45, 2.75) is 96.9 Å². The SMILES string of the molecule is CCCCCCCCCCCCCCOc1ccc(CC(=O)Nc2ccc(C[n+]3ccsc3)cc2)c(Cl)c1. The highest BCUT2D eigenvalue weighted by Crippen LogP contribution is 2.24. The molecule has 0 spiro atoms. The predicted octanol–water partition coefficient (Wildman–Crippen LogP) is 9.00. The maximum absolute atomic E-state index is 12.6. The molecule has 6 heteroatoms. The van der Waals surface area contributed by atoms with Gasteiger partial charge in [-0.05, 0) is 36.2 Å². The van der Waals surface area contributed by atoms with E-state index in [1.807, 2.05) is 42.5 Å². The molecule has 1 heterocycles. The molecular formula is C32H44ClN2O2S+. The molecular weight excluding hydrogens is 512 g/mol. The van der Waals surface area contributed by atoms with E-state index in [0.717, 1.165) is 30.0 Å². The van der Waals surface area contributed by atoms with Crippen LogP contribution in [0, 0.1) is 0 Å². The number of hydrogen-bond donors (Lipinski definition) is 1. The first-order valence-corrected chi connectivity index (χ1v) is 15.7. The molecule has 0 aliphatic rings. The van der Waals surface area contributed by atoms with Crippen molar-refractivity contribution in [3.8, 4) is 5.75 Å². The highest BCUT2D eigenvalue weighted by atomic mass is 35.5. The van der Waals surface area contributed by atoms with Gasteiger partial charge in [0, 0.05) is 16.3 Å². The maximum Gasteiger partial charge on any atom is 0.228 e. The number of amides is 1. The zero-order valence-electron chi connectivity index (χ0n) is 22.9. The van der Waals surface area contributed by atoms with Gasteiger partial charge >= 0.3 is 0 Å². The number of aromatic nitrogens is 1. The van der Waals surface area contributed by atoms with Gasteiger partial charge in [-0.2, -0.15) is 4.57 Å². The second kappa shape index (κ2) is 18.0. The van der Waals surface area contributed by atoms with Crippen LogP contribution in [-0.4, -0.2) is 12.5 Å². The van der Waals surface area contributed by atoms with Crippen LogP contribution in [-0.2, 0) is 17.8 Å². The molecule has 1 amide bonds. The van der Waals surface area contributed by atoms with E-state index in [2.05, 4.69) is 33.9 Å². The summed E-state index contributed by atoms with van der Waals surface area (Å²) in [5.74, 6) is 0.679. The topological polar surface area (TPSA) is 42.2 Å². The number of thiazole rings is 1. The van der Waals surface area contributed by atoms with Crippen LogP contribution in [0.15, 0.2) is 59.6 Å². The van der Waals surface area contributed by atoms with Crippen LogP contribution in [0.4, 0.5) is 5.69 Å². The molecule has 0 bridgehead atoms. The minimum absolute atomic E-state index is 0.0861. The minimum Gasteiger partial charge on any atom is -0.494 e. The Morgan fingerprint density at radius 1 is 0.895 bits per heavy atom. The summed E-state index contributed by atoms with van der Waals surface area (Å²) in [4.78, 5) is 12.6. The molecule has 0 unspecified atom stereocenters. The van der Waals surface area contributed by atoms with Gasteiger partial charge in [0.2, 0.25) is 11.4 Å². The zero-order valence-corrected chi connectivity index (χ0v) is 24.5. The average molecular weight is 556 g/mol. The molecule has 3 rings (SSSR count). The van der Waals surface area contributed by atoms with Crippen molar-refractivity contribution in [3.05, 3.63) is 75.7 Å². The van der Waals surface area contributed by atoms with Gasteiger partial charge in [0.1, 0.15) is 5.75 Å². The lowest BCUT2D eigenvalue weighted by Gasteiger charge is -2.10. The smallest absolute Gasteiger partial charge is 0.228 e. The largest absolute Gasteiger partial charge is 0.494 e. The third-order valence-electron chi connectivity index (χ3n) is 6.77. The summed E-state index contributed by atoms with van der Waals surface area (Å²) < 4.78 is 8.03. The number of anilines is 1. The summed E-state index contributed by atoms with van der Waals surface area (Å²) >= 11 is 8.13. The van der Waals surface area contributed by atoms with E-state index in [0.29, 0.717) is 11.6 Å². The number of nitrogens with zero attached hydrogens (tertiary/aromatic N) is 1. The van der Waals surface area contributed by atoms with E-state index in [1.54, 1.807) is 11.3 Å². The van der Waals surface area contributed by atoms with Crippen molar-refractivity contribution in [3.63, 3.8) is 0 Å². The molecule has 0 radical (unpaired) electrons. The van der Waals surface area contributed by atoms with Crippen LogP contribution in [0.2, 0.25) is 5.02 Å². The van der Waals surface area contributed by atoms with Crippen LogP contribution in [0.25, 0.3) is 0 Å². The van der Waals surface area contributed by atoms with Crippen molar-refractivity contribution in [1.29, 1.82) is 0 Å². The van der Waals surface area contributed by atoms with E-state index in [-0.39, 0.29) is 12.3 Å². The Labute approximate surface area is 238 Å². The average Bonchev–Trinajstić information content (AvgIpc) is 3.42. The normalized spacial score (nSPS) is 11.0. The van der Waals surface area contributed by atoms with Crippen LogP contribution in [0.3, 0.4) is 0 Å². The highest BCUT2D eigenvalue weighted by molar-refractivity contribution is 7.07.